The summed E-state index contributed by atoms with van der Waals surface area (Å²) in [5.41, 5.74) is 1.39. The van der Waals surface area contributed by atoms with Crippen molar-refractivity contribution in [2.45, 2.75) is 69.0 Å². The Balaban J connectivity index is 2.08. The number of nitrogens with zero attached hydrogens (tertiary/aromatic N) is 2. The summed E-state index contributed by atoms with van der Waals surface area (Å²) in [6.07, 6.45) is 2.21. The molecule has 11 heteroatoms. The largest absolute Gasteiger partial charge is 0.350 e. The van der Waals surface area contributed by atoms with Gasteiger partial charge in [0.05, 0.1) is 20.6 Å². The van der Waals surface area contributed by atoms with Crippen molar-refractivity contribution in [1.29, 1.82) is 0 Å². The lowest BCUT2D eigenvalue weighted by molar-refractivity contribution is -0.141. The molecule has 0 aliphatic heterocycles. The number of carbonyl (C=O) groups is 2. The van der Waals surface area contributed by atoms with E-state index in [0.29, 0.717) is 27.7 Å². The third kappa shape index (κ3) is 8.66. The lowest BCUT2D eigenvalue weighted by atomic mass is 10.1. The number of hydrogen-bond donors (Lipinski definition) is 1. The molecule has 0 heterocycles. The highest BCUT2D eigenvalue weighted by Crippen LogP contribution is 2.28. The highest BCUT2D eigenvalue weighted by atomic mass is 35.5. The number of nitrogens with one attached hydrogen (secondary N) is 1. The first-order valence-corrected chi connectivity index (χ1v) is 16.9. The van der Waals surface area contributed by atoms with Gasteiger partial charge in [0.1, 0.15) is 12.6 Å². The van der Waals surface area contributed by atoms with E-state index in [2.05, 4.69) is 5.32 Å². The molecule has 0 aromatic heterocycles. The van der Waals surface area contributed by atoms with Crippen LogP contribution in [-0.4, -0.2) is 49.5 Å². The normalized spacial score (nSPS) is 12.5. The van der Waals surface area contributed by atoms with Gasteiger partial charge in [-0.2, -0.15) is 0 Å². The summed E-state index contributed by atoms with van der Waals surface area (Å²) in [5, 5.41) is 3.63. The van der Waals surface area contributed by atoms with Gasteiger partial charge in [-0.3, -0.25) is 13.9 Å². The summed E-state index contributed by atoms with van der Waals surface area (Å²) < 4.78 is 29.1. The monoisotopic (exact) mass is 649 g/mol. The van der Waals surface area contributed by atoms with Crippen LogP contribution in [0.15, 0.2) is 76.5 Å². The molecule has 1 atom stereocenters. The molecule has 3 aromatic carbocycles. The third-order valence-electron chi connectivity index (χ3n) is 6.47. The van der Waals surface area contributed by atoms with Crippen LogP contribution >= 0.6 is 35.0 Å². The average molecular weight is 651 g/mol. The van der Waals surface area contributed by atoms with Gasteiger partial charge >= 0.3 is 0 Å². The Morgan fingerprint density at radius 3 is 2.10 bits per heavy atom. The highest BCUT2D eigenvalue weighted by molar-refractivity contribution is 7.98. The van der Waals surface area contributed by atoms with Gasteiger partial charge in [-0.1, -0.05) is 53.9 Å². The molecule has 0 saturated carbocycles. The van der Waals surface area contributed by atoms with E-state index < -0.39 is 34.1 Å². The van der Waals surface area contributed by atoms with E-state index in [-0.39, 0.29) is 17.3 Å². The Morgan fingerprint density at radius 2 is 1.57 bits per heavy atom. The number of halogens is 2. The Hall–Kier alpha value is -2.72. The number of hydrogen-bond acceptors (Lipinski definition) is 5. The number of anilines is 1. The molecule has 42 heavy (non-hydrogen) atoms. The summed E-state index contributed by atoms with van der Waals surface area (Å²) in [6, 6.07) is 17.6. The standard InChI is InChI=1S/C31H37Cl2N3O4S2/c1-7-28(30(38)34-31(3,4)5)35(19-22-10-17-26(32)27(33)18-22)29(37)20-36(23-11-8-21(2)9-12-23)42(39,40)25-15-13-24(41-6)14-16-25/h8-18,28H,7,19-20H2,1-6H3,(H,34,38)/t28-/m1/s1. The topological polar surface area (TPSA) is 86.8 Å². The van der Waals surface area contributed by atoms with Crippen LogP contribution in [0.2, 0.25) is 10.0 Å². The number of amides is 2. The van der Waals surface area contributed by atoms with E-state index in [1.165, 1.54) is 28.8 Å². The predicted molar refractivity (Wildman–Crippen MR) is 173 cm³/mol. The first kappa shape index (κ1) is 33.8. The molecule has 0 unspecified atom stereocenters. The summed E-state index contributed by atoms with van der Waals surface area (Å²) >= 11 is 13.9. The minimum absolute atomic E-state index is 0.0238. The minimum atomic E-state index is -4.15. The molecule has 3 rings (SSSR count). The molecule has 0 aliphatic carbocycles. The second-order valence-electron chi connectivity index (χ2n) is 11.0. The molecule has 0 aliphatic rings. The molecule has 0 saturated heterocycles. The van der Waals surface area contributed by atoms with E-state index in [1.807, 2.05) is 40.9 Å². The van der Waals surface area contributed by atoms with Gasteiger partial charge in [-0.05, 0) is 94.5 Å². The molecule has 0 bridgehead atoms. The van der Waals surface area contributed by atoms with Gasteiger partial charge in [-0.15, -0.1) is 11.8 Å². The van der Waals surface area contributed by atoms with Gasteiger partial charge in [-0.25, -0.2) is 8.42 Å². The summed E-state index contributed by atoms with van der Waals surface area (Å²) in [7, 11) is -4.15. The maximum absolute atomic E-state index is 14.2. The molecule has 0 radical (unpaired) electrons. The van der Waals surface area contributed by atoms with Gasteiger partial charge in [0, 0.05) is 17.0 Å². The second kappa shape index (κ2) is 14.2. The van der Waals surface area contributed by atoms with Crippen LogP contribution in [0.4, 0.5) is 5.69 Å². The fourth-order valence-electron chi connectivity index (χ4n) is 4.32. The molecule has 1 N–H and O–H groups in total. The van der Waals surface area contributed by atoms with E-state index in [1.54, 1.807) is 54.6 Å². The molecular weight excluding hydrogens is 613 g/mol. The van der Waals surface area contributed by atoms with Crippen LogP contribution in [0.1, 0.15) is 45.2 Å². The van der Waals surface area contributed by atoms with Gasteiger partial charge < -0.3 is 10.2 Å². The van der Waals surface area contributed by atoms with Crippen molar-refractivity contribution in [3.8, 4) is 0 Å². The summed E-state index contributed by atoms with van der Waals surface area (Å²) in [4.78, 5) is 30.0. The lowest BCUT2D eigenvalue weighted by Crippen LogP contribution is -2.55. The van der Waals surface area contributed by atoms with Crippen molar-refractivity contribution < 1.29 is 18.0 Å². The fourth-order valence-corrected chi connectivity index (χ4v) is 6.46. The van der Waals surface area contributed by atoms with Crippen molar-refractivity contribution >= 4 is 62.5 Å². The zero-order valence-corrected chi connectivity index (χ0v) is 27.8. The Morgan fingerprint density at radius 1 is 0.952 bits per heavy atom. The molecule has 226 valence electrons. The molecular formula is C31H37Cl2N3O4S2. The van der Waals surface area contributed by atoms with Gasteiger partial charge in [0.2, 0.25) is 11.8 Å². The van der Waals surface area contributed by atoms with Crippen LogP contribution in [-0.2, 0) is 26.2 Å². The first-order valence-electron chi connectivity index (χ1n) is 13.4. The number of carbonyl (C=O) groups excluding carboxylic acids is 2. The van der Waals surface area contributed by atoms with Crippen molar-refractivity contribution in [2.24, 2.45) is 0 Å². The second-order valence-corrected chi connectivity index (χ2v) is 14.5. The average Bonchev–Trinajstić information content (AvgIpc) is 2.93. The maximum Gasteiger partial charge on any atom is 0.264 e. The quantitative estimate of drug-likeness (QED) is 0.227. The molecule has 7 nitrogen and oxygen atoms in total. The fraction of sp³-hybridized carbons (Fsp3) is 0.355. The van der Waals surface area contributed by atoms with Crippen LogP contribution in [0, 0.1) is 6.92 Å². The molecule has 0 fully saturated rings. The van der Waals surface area contributed by atoms with E-state index in [9.17, 15) is 18.0 Å². The number of aryl methyl sites for hydroxylation is 1. The van der Waals surface area contributed by atoms with Crippen molar-refractivity contribution in [3.05, 3.63) is 87.9 Å². The molecule has 0 spiro atoms. The first-order chi connectivity index (χ1) is 19.7. The zero-order chi connectivity index (χ0) is 31.2. The smallest absolute Gasteiger partial charge is 0.264 e. The summed E-state index contributed by atoms with van der Waals surface area (Å²) in [6.45, 7) is 8.79. The van der Waals surface area contributed by atoms with Crippen LogP contribution < -0.4 is 9.62 Å². The van der Waals surface area contributed by atoms with E-state index in [4.69, 9.17) is 23.2 Å². The van der Waals surface area contributed by atoms with E-state index >= 15 is 0 Å². The van der Waals surface area contributed by atoms with Crippen molar-refractivity contribution in [1.82, 2.24) is 10.2 Å². The molecule has 3 aromatic rings. The summed E-state index contributed by atoms with van der Waals surface area (Å²) in [5.74, 6) is -0.877. The van der Waals surface area contributed by atoms with Crippen LogP contribution in [0.5, 0.6) is 0 Å². The van der Waals surface area contributed by atoms with Crippen molar-refractivity contribution in [3.63, 3.8) is 0 Å². The van der Waals surface area contributed by atoms with Crippen LogP contribution in [0.25, 0.3) is 0 Å². The molecule has 2 amide bonds. The maximum atomic E-state index is 14.2. The Labute approximate surface area is 263 Å². The number of sulfonamides is 1. The minimum Gasteiger partial charge on any atom is -0.350 e. The third-order valence-corrected chi connectivity index (χ3v) is 9.74. The predicted octanol–water partition coefficient (Wildman–Crippen LogP) is 6.94. The van der Waals surface area contributed by atoms with Crippen molar-refractivity contribution in [2.75, 3.05) is 17.1 Å². The van der Waals surface area contributed by atoms with Gasteiger partial charge in [0.15, 0.2) is 0 Å². The van der Waals surface area contributed by atoms with Gasteiger partial charge in [0.25, 0.3) is 10.0 Å². The Bertz CT molecular complexity index is 1510. The Kier molecular flexibility index (Phi) is 11.4. The number of thioether (sulfide) groups is 1. The number of rotatable bonds is 11. The van der Waals surface area contributed by atoms with E-state index in [0.717, 1.165) is 14.8 Å². The SMILES string of the molecule is CC[C@H](C(=O)NC(C)(C)C)N(Cc1ccc(Cl)c(Cl)c1)C(=O)CN(c1ccc(C)cc1)S(=O)(=O)c1ccc(SC)cc1. The highest BCUT2D eigenvalue weighted by Gasteiger charge is 2.34. The van der Waals surface area contributed by atoms with Crippen LogP contribution in [0.3, 0.4) is 0 Å². The lowest BCUT2D eigenvalue weighted by Gasteiger charge is -2.35. The zero-order valence-electron chi connectivity index (χ0n) is 24.6. The number of benzene rings is 3.